The number of benzene rings is 1. The van der Waals surface area contributed by atoms with Crippen LogP contribution >= 0.6 is 15.9 Å². The molecule has 18 heavy (non-hydrogen) atoms. The van der Waals surface area contributed by atoms with E-state index >= 15 is 0 Å². The van der Waals surface area contributed by atoms with Gasteiger partial charge in [-0.1, -0.05) is 22.9 Å². The highest BCUT2D eigenvalue weighted by Gasteiger charge is 2.11. The van der Waals surface area contributed by atoms with E-state index in [1.54, 1.807) is 6.92 Å². The van der Waals surface area contributed by atoms with Crippen molar-refractivity contribution in [3.05, 3.63) is 27.7 Å². The van der Waals surface area contributed by atoms with Crippen LogP contribution in [0.5, 0.6) is 5.75 Å². The first-order chi connectivity index (χ1) is 8.58. The molecule has 0 radical (unpaired) electrons. The number of hydrogen-bond acceptors (Lipinski definition) is 3. The second kappa shape index (κ2) is 7.40. The minimum atomic E-state index is -0.435. The highest BCUT2D eigenvalue weighted by Crippen LogP contribution is 2.28. The predicted molar refractivity (Wildman–Crippen MR) is 76.6 cm³/mol. The van der Waals surface area contributed by atoms with E-state index in [1.807, 2.05) is 19.1 Å². The molecular formula is C14H19BrN2O. The average Bonchev–Trinajstić information content (AvgIpc) is 2.33. The fourth-order valence-corrected chi connectivity index (χ4v) is 2.32. The molecule has 0 aromatic heterocycles. The maximum absolute atomic E-state index is 8.85. The Kier molecular flexibility index (Phi) is 6.17. The maximum atomic E-state index is 8.85. The fourth-order valence-electron chi connectivity index (χ4n) is 1.70. The fraction of sp³-hybridized carbons (Fsp3) is 0.500. The first-order valence-corrected chi connectivity index (χ1v) is 6.93. The van der Waals surface area contributed by atoms with Crippen LogP contribution in [0.3, 0.4) is 0 Å². The van der Waals surface area contributed by atoms with E-state index in [9.17, 15) is 0 Å². The third-order valence-corrected chi connectivity index (χ3v) is 2.99. The molecule has 0 saturated carbocycles. The van der Waals surface area contributed by atoms with Gasteiger partial charge in [0.2, 0.25) is 0 Å². The third kappa shape index (κ3) is 4.32. The zero-order valence-electron chi connectivity index (χ0n) is 11.1. The van der Waals surface area contributed by atoms with Gasteiger partial charge in [-0.3, -0.25) is 0 Å². The van der Waals surface area contributed by atoms with E-state index < -0.39 is 6.10 Å². The van der Waals surface area contributed by atoms with E-state index in [-0.39, 0.29) is 0 Å². The lowest BCUT2D eigenvalue weighted by Gasteiger charge is -2.16. The number of nitrogens with one attached hydrogen (secondary N) is 1. The van der Waals surface area contributed by atoms with Gasteiger partial charge in [-0.05, 0) is 44.5 Å². The van der Waals surface area contributed by atoms with Gasteiger partial charge in [0, 0.05) is 16.6 Å². The number of hydrogen-bond donors (Lipinski definition) is 1. The quantitative estimate of drug-likeness (QED) is 0.817. The number of halogens is 1. The first kappa shape index (κ1) is 15.0. The molecular weight excluding hydrogens is 292 g/mol. The maximum Gasteiger partial charge on any atom is 0.181 e. The Labute approximate surface area is 117 Å². The lowest BCUT2D eigenvalue weighted by atomic mass is 10.1. The summed E-state index contributed by atoms with van der Waals surface area (Å²) in [6.07, 6.45) is 0.660. The third-order valence-electron chi connectivity index (χ3n) is 2.53. The minimum Gasteiger partial charge on any atom is -0.475 e. The lowest BCUT2D eigenvalue weighted by molar-refractivity contribution is 0.271. The molecule has 0 spiro atoms. The summed E-state index contributed by atoms with van der Waals surface area (Å²) < 4.78 is 6.72. The molecule has 1 N–H and O–H groups in total. The summed E-state index contributed by atoms with van der Waals surface area (Å²) in [7, 11) is 0. The summed E-state index contributed by atoms with van der Waals surface area (Å²) in [5.41, 5.74) is 2.12. The molecule has 4 heteroatoms. The molecule has 1 aromatic carbocycles. The van der Waals surface area contributed by atoms with Crippen LogP contribution in [0, 0.1) is 18.3 Å². The predicted octanol–water partition coefficient (Wildman–Crippen LogP) is 3.55. The molecule has 1 atom stereocenters. The summed E-state index contributed by atoms with van der Waals surface area (Å²) in [6.45, 7) is 7.60. The summed E-state index contributed by atoms with van der Waals surface area (Å²) in [6, 6.07) is 6.13. The SMILES string of the molecule is CCCNCc1cc(Br)cc(C)c1OC(C)C#N. The number of aryl methyl sites for hydroxylation is 1. The van der Waals surface area contributed by atoms with E-state index in [2.05, 4.69) is 34.2 Å². The molecule has 98 valence electrons. The van der Waals surface area contributed by atoms with Crippen molar-refractivity contribution < 1.29 is 4.74 Å². The second-order valence-corrected chi connectivity index (χ2v) is 5.19. The second-order valence-electron chi connectivity index (χ2n) is 4.28. The van der Waals surface area contributed by atoms with Gasteiger partial charge in [0.25, 0.3) is 0 Å². The van der Waals surface area contributed by atoms with Gasteiger partial charge in [-0.2, -0.15) is 5.26 Å². The monoisotopic (exact) mass is 310 g/mol. The Balaban J connectivity index is 2.94. The number of nitriles is 1. The van der Waals surface area contributed by atoms with Crippen LogP contribution in [-0.4, -0.2) is 12.6 Å². The van der Waals surface area contributed by atoms with Gasteiger partial charge in [0.05, 0.1) is 0 Å². The van der Waals surface area contributed by atoms with Gasteiger partial charge >= 0.3 is 0 Å². The standard InChI is InChI=1S/C14H19BrN2O/c1-4-5-17-9-12-7-13(15)6-10(2)14(12)18-11(3)8-16/h6-7,11,17H,4-5,9H2,1-3H3. The van der Waals surface area contributed by atoms with Crippen LogP contribution in [0.2, 0.25) is 0 Å². The normalized spacial score (nSPS) is 11.9. The van der Waals surface area contributed by atoms with E-state index in [0.29, 0.717) is 0 Å². The van der Waals surface area contributed by atoms with E-state index in [1.165, 1.54) is 0 Å². The molecule has 0 fully saturated rings. The molecule has 0 saturated heterocycles. The molecule has 0 aliphatic rings. The smallest absolute Gasteiger partial charge is 0.181 e. The molecule has 0 bridgehead atoms. The molecule has 1 aromatic rings. The highest BCUT2D eigenvalue weighted by molar-refractivity contribution is 9.10. The molecule has 0 heterocycles. The van der Waals surface area contributed by atoms with Gasteiger partial charge in [-0.15, -0.1) is 0 Å². The Morgan fingerprint density at radius 3 is 2.83 bits per heavy atom. The summed E-state index contributed by atoms with van der Waals surface area (Å²) in [5.74, 6) is 0.816. The molecule has 0 amide bonds. The van der Waals surface area contributed by atoms with Gasteiger partial charge < -0.3 is 10.1 Å². The molecule has 1 rings (SSSR count). The van der Waals surface area contributed by atoms with Crippen LogP contribution in [-0.2, 0) is 6.54 Å². The Bertz CT molecular complexity index is 440. The Morgan fingerprint density at radius 2 is 2.22 bits per heavy atom. The van der Waals surface area contributed by atoms with Crippen LogP contribution < -0.4 is 10.1 Å². The van der Waals surface area contributed by atoms with Crippen molar-refractivity contribution in [3.8, 4) is 11.8 Å². The van der Waals surface area contributed by atoms with E-state index in [0.717, 1.165) is 40.9 Å². The van der Waals surface area contributed by atoms with E-state index in [4.69, 9.17) is 10.00 Å². The lowest BCUT2D eigenvalue weighted by Crippen LogP contribution is -2.17. The van der Waals surface area contributed by atoms with Crippen LogP contribution in [0.15, 0.2) is 16.6 Å². The van der Waals surface area contributed by atoms with Crippen LogP contribution in [0.1, 0.15) is 31.4 Å². The number of ether oxygens (including phenoxy) is 1. The summed E-state index contributed by atoms with van der Waals surface area (Å²) in [4.78, 5) is 0. The number of rotatable bonds is 6. The first-order valence-electron chi connectivity index (χ1n) is 6.14. The van der Waals surface area contributed by atoms with Crippen molar-refractivity contribution in [1.29, 1.82) is 5.26 Å². The Morgan fingerprint density at radius 1 is 1.50 bits per heavy atom. The average molecular weight is 311 g/mol. The molecule has 1 unspecified atom stereocenters. The van der Waals surface area contributed by atoms with Crippen molar-refractivity contribution in [2.75, 3.05) is 6.54 Å². The summed E-state index contributed by atoms with van der Waals surface area (Å²) in [5, 5.41) is 12.2. The summed E-state index contributed by atoms with van der Waals surface area (Å²) >= 11 is 3.49. The largest absolute Gasteiger partial charge is 0.475 e. The zero-order valence-corrected chi connectivity index (χ0v) is 12.7. The molecule has 0 aliphatic heterocycles. The number of nitrogens with zero attached hydrogens (tertiary/aromatic N) is 1. The van der Waals surface area contributed by atoms with Crippen LogP contribution in [0.25, 0.3) is 0 Å². The van der Waals surface area contributed by atoms with Gasteiger partial charge in [0.15, 0.2) is 6.10 Å². The van der Waals surface area contributed by atoms with Crippen molar-refractivity contribution in [2.45, 2.75) is 39.8 Å². The topological polar surface area (TPSA) is 45.0 Å². The zero-order chi connectivity index (χ0) is 13.5. The van der Waals surface area contributed by atoms with Crippen molar-refractivity contribution in [3.63, 3.8) is 0 Å². The van der Waals surface area contributed by atoms with Crippen molar-refractivity contribution in [2.24, 2.45) is 0 Å². The molecule has 0 aliphatic carbocycles. The van der Waals surface area contributed by atoms with Gasteiger partial charge in [0.1, 0.15) is 11.8 Å². The van der Waals surface area contributed by atoms with Gasteiger partial charge in [-0.25, -0.2) is 0 Å². The molecule has 3 nitrogen and oxygen atoms in total. The van der Waals surface area contributed by atoms with Crippen molar-refractivity contribution >= 4 is 15.9 Å². The highest BCUT2D eigenvalue weighted by atomic mass is 79.9. The minimum absolute atomic E-state index is 0.435. The van der Waals surface area contributed by atoms with Crippen LogP contribution in [0.4, 0.5) is 0 Å². The Hall–Kier alpha value is -1.05. The van der Waals surface area contributed by atoms with Crippen molar-refractivity contribution in [1.82, 2.24) is 5.32 Å².